The van der Waals surface area contributed by atoms with E-state index in [0.717, 1.165) is 12.8 Å². The molecule has 0 bridgehead atoms. The van der Waals surface area contributed by atoms with Gasteiger partial charge in [0.25, 0.3) is 0 Å². The number of hydrogen-bond acceptors (Lipinski definition) is 3. The van der Waals surface area contributed by atoms with Crippen molar-refractivity contribution < 1.29 is 0 Å². The van der Waals surface area contributed by atoms with E-state index in [9.17, 15) is 5.26 Å². The molecule has 0 spiro atoms. The second kappa shape index (κ2) is 8.55. The number of rotatable bonds is 11. The summed E-state index contributed by atoms with van der Waals surface area (Å²) in [5.41, 5.74) is -0.304. The molecule has 110 valence electrons. The van der Waals surface area contributed by atoms with Crippen LogP contribution in [0.15, 0.2) is 0 Å². The van der Waals surface area contributed by atoms with E-state index in [1.807, 2.05) is 0 Å². The number of nitrogens with one attached hydrogen (secondary N) is 1. The Bertz CT molecular complexity index is 274. The van der Waals surface area contributed by atoms with Gasteiger partial charge in [0.2, 0.25) is 0 Å². The average molecular weight is 265 g/mol. The average Bonchev–Trinajstić information content (AvgIpc) is 3.19. The second-order valence-corrected chi connectivity index (χ2v) is 6.16. The van der Waals surface area contributed by atoms with E-state index < -0.39 is 0 Å². The molecule has 1 fully saturated rings. The molecule has 1 unspecified atom stereocenters. The van der Waals surface area contributed by atoms with Gasteiger partial charge in [-0.3, -0.25) is 5.32 Å². The van der Waals surface area contributed by atoms with Crippen LogP contribution in [0.4, 0.5) is 0 Å². The standard InChI is InChI=1S/C16H31N3/c1-4-11-19(12-5-2)13-7-6-10-16(3,14-17)18-15-8-9-15/h15,18H,4-13H2,1-3H3. The zero-order valence-corrected chi connectivity index (χ0v) is 13.0. The van der Waals surface area contributed by atoms with Crippen molar-refractivity contribution in [1.82, 2.24) is 10.2 Å². The van der Waals surface area contributed by atoms with E-state index in [4.69, 9.17) is 0 Å². The van der Waals surface area contributed by atoms with Gasteiger partial charge in [-0.25, -0.2) is 0 Å². The molecular formula is C16H31N3. The molecule has 0 heterocycles. The second-order valence-electron chi connectivity index (χ2n) is 6.16. The van der Waals surface area contributed by atoms with Crippen molar-refractivity contribution in [3.8, 4) is 6.07 Å². The van der Waals surface area contributed by atoms with Crippen LogP contribution in [-0.2, 0) is 0 Å². The smallest absolute Gasteiger partial charge is 0.104 e. The first-order chi connectivity index (χ1) is 9.13. The topological polar surface area (TPSA) is 39.1 Å². The largest absolute Gasteiger partial charge is 0.303 e. The van der Waals surface area contributed by atoms with E-state index in [2.05, 4.69) is 37.1 Å². The fourth-order valence-corrected chi connectivity index (χ4v) is 2.62. The third-order valence-electron chi connectivity index (χ3n) is 3.83. The van der Waals surface area contributed by atoms with E-state index in [1.165, 1.54) is 51.7 Å². The molecule has 1 N–H and O–H groups in total. The molecule has 0 amide bonds. The lowest BCUT2D eigenvalue weighted by Crippen LogP contribution is -2.42. The SMILES string of the molecule is CCCN(CCC)CCCCC(C)(C#N)NC1CC1. The Hall–Kier alpha value is -0.590. The van der Waals surface area contributed by atoms with Crippen molar-refractivity contribution in [2.24, 2.45) is 0 Å². The molecule has 1 saturated carbocycles. The summed E-state index contributed by atoms with van der Waals surface area (Å²) in [7, 11) is 0. The highest BCUT2D eigenvalue weighted by Crippen LogP contribution is 2.24. The summed E-state index contributed by atoms with van der Waals surface area (Å²) in [6.07, 6.45) is 8.30. The molecule has 0 aromatic rings. The molecule has 0 aromatic carbocycles. The monoisotopic (exact) mass is 265 g/mol. The van der Waals surface area contributed by atoms with E-state index in [0.29, 0.717) is 6.04 Å². The van der Waals surface area contributed by atoms with Crippen LogP contribution in [0.5, 0.6) is 0 Å². The van der Waals surface area contributed by atoms with Crippen molar-refractivity contribution in [2.45, 2.75) is 77.3 Å². The highest BCUT2D eigenvalue weighted by atomic mass is 15.1. The van der Waals surface area contributed by atoms with Gasteiger partial charge >= 0.3 is 0 Å². The fourth-order valence-electron chi connectivity index (χ4n) is 2.62. The molecule has 1 atom stereocenters. The van der Waals surface area contributed by atoms with Gasteiger partial charge in [-0.15, -0.1) is 0 Å². The predicted octanol–water partition coefficient (Wildman–Crippen LogP) is 3.31. The summed E-state index contributed by atoms with van der Waals surface area (Å²) in [5, 5.41) is 12.8. The Morgan fingerprint density at radius 2 is 1.79 bits per heavy atom. The minimum atomic E-state index is -0.304. The maximum Gasteiger partial charge on any atom is 0.104 e. The Labute approximate surface area is 119 Å². The number of nitriles is 1. The third kappa shape index (κ3) is 6.94. The van der Waals surface area contributed by atoms with Gasteiger partial charge in [0.05, 0.1) is 6.07 Å². The fraction of sp³-hybridized carbons (Fsp3) is 0.938. The minimum Gasteiger partial charge on any atom is -0.303 e. The lowest BCUT2D eigenvalue weighted by molar-refractivity contribution is 0.263. The van der Waals surface area contributed by atoms with Crippen LogP contribution >= 0.6 is 0 Å². The lowest BCUT2D eigenvalue weighted by Gasteiger charge is -2.25. The van der Waals surface area contributed by atoms with Crippen molar-refractivity contribution in [3.05, 3.63) is 0 Å². The minimum absolute atomic E-state index is 0.304. The zero-order valence-electron chi connectivity index (χ0n) is 13.0. The van der Waals surface area contributed by atoms with Crippen molar-refractivity contribution >= 4 is 0 Å². The van der Waals surface area contributed by atoms with Crippen molar-refractivity contribution in [1.29, 1.82) is 5.26 Å². The Kier molecular flexibility index (Phi) is 7.41. The van der Waals surface area contributed by atoms with E-state index in [-0.39, 0.29) is 5.54 Å². The van der Waals surface area contributed by atoms with Gasteiger partial charge in [-0.2, -0.15) is 5.26 Å². The zero-order chi connectivity index (χ0) is 14.1. The van der Waals surface area contributed by atoms with E-state index >= 15 is 0 Å². The highest BCUT2D eigenvalue weighted by Gasteiger charge is 2.31. The third-order valence-corrected chi connectivity index (χ3v) is 3.83. The molecule has 3 nitrogen and oxygen atoms in total. The maximum atomic E-state index is 9.32. The normalized spacial score (nSPS) is 18.3. The summed E-state index contributed by atoms with van der Waals surface area (Å²) in [4.78, 5) is 2.55. The number of unbranched alkanes of at least 4 members (excludes halogenated alkanes) is 1. The van der Waals surface area contributed by atoms with Crippen molar-refractivity contribution in [3.63, 3.8) is 0 Å². The summed E-state index contributed by atoms with van der Waals surface area (Å²) in [6.45, 7) is 10.2. The van der Waals surface area contributed by atoms with Gasteiger partial charge in [0.15, 0.2) is 0 Å². The first-order valence-electron chi connectivity index (χ1n) is 8.05. The molecule has 1 aliphatic rings. The lowest BCUT2D eigenvalue weighted by atomic mass is 9.96. The Balaban J connectivity index is 2.18. The van der Waals surface area contributed by atoms with E-state index in [1.54, 1.807) is 0 Å². The summed E-state index contributed by atoms with van der Waals surface area (Å²) in [6, 6.07) is 3.08. The molecule has 0 saturated heterocycles. The van der Waals surface area contributed by atoms with Crippen LogP contribution in [0.3, 0.4) is 0 Å². The van der Waals surface area contributed by atoms with Crippen LogP contribution in [-0.4, -0.2) is 36.1 Å². The molecule has 1 aliphatic carbocycles. The maximum absolute atomic E-state index is 9.32. The van der Waals surface area contributed by atoms with Gasteiger partial charge in [-0.05, 0) is 71.5 Å². The summed E-state index contributed by atoms with van der Waals surface area (Å²) >= 11 is 0. The van der Waals surface area contributed by atoms with Crippen LogP contribution in [0.1, 0.15) is 65.7 Å². The van der Waals surface area contributed by atoms with Gasteiger partial charge in [-0.1, -0.05) is 13.8 Å². The molecular weight excluding hydrogens is 234 g/mol. The van der Waals surface area contributed by atoms with Crippen LogP contribution in [0.25, 0.3) is 0 Å². The predicted molar refractivity (Wildman–Crippen MR) is 81.0 cm³/mol. The first kappa shape index (κ1) is 16.5. The molecule has 19 heavy (non-hydrogen) atoms. The number of nitrogens with zero attached hydrogens (tertiary/aromatic N) is 2. The number of hydrogen-bond donors (Lipinski definition) is 1. The van der Waals surface area contributed by atoms with Crippen LogP contribution in [0, 0.1) is 11.3 Å². The quantitative estimate of drug-likeness (QED) is 0.583. The molecule has 0 aromatic heterocycles. The molecule has 3 heteroatoms. The summed E-state index contributed by atoms with van der Waals surface area (Å²) in [5.74, 6) is 0. The Morgan fingerprint density at radius 3 is 2.26 bits per heavy atom. The summed E-state index contributed by atoms with van der Waals surface area (Å²) < 4.78 is 0. The molecule has 1 rings (SSSR count). The first-order valence-corrected chi connectivity index (χ1v) is 8.05. The van der Waals surface area contributed by atoms with Gasteiger partial charge in [0, 0.05) is 6.04 Å². The molecule has 0 radical (unpaired) electrons. The highest BCUT2D eigenvalue weighted by molar-refractivity contribution is 5.06. The van der Waals surface area contributed by atoms with Crippen LogP contribution in [0.2, 0.25) is 0 Å². The van der Waals surface area contributed by atoms with Gasteiger partial charge < -0.3 is 4.90 Å². The molecule has 0 aliphatic heterocycles. The Morgan fingerprint density at radius 1 is 1.16 bits per heavy atom. The van der Waals surface area contributed by atoms with Gasteiger partial charge in [0.1, 0.15) is 5.54 Å². The van der Waals surface area contributed by atoms with Crippen LogP contribution < -0.4 is 5.32 Å². The van der Waals surface area contributed by atoms with Crippen molar-refractivity contribution in [2.75, 3.05) is 19.6 Å².